The van der Waals surface area contributed by atoms with Crippen molar-refractivity contribution in [1.29, 1.82) is 0 Å². The van der Waals surface area contributed by atoms with E-state index >= 15 is 0 Å². The van der Waals surface area contributed by atoms with Crippen LogP contribution in [0.1, 0.15) is 37.6 Å². The first-order valence-corrected chi connectivity index (χ1v) is 9.94. The number of alkyl halides is 3. The molecule has 30 heavy (non-hydrogen) atoms. The Kier molecular flexibility index (Phi) is 9.08. The predicted octanol–water partition coefficient (Wildman–Crippen LogP) is -1.82. The quantitative estimate of drug-likeness (QED) is 0.468. The van der Waals surface area contributed by atoms with Crippen molar-refractivity contribution in [2.24, 2.45) is 0 Å². The number of amides is 1. The molecule has 0 radical (unpaired) electrons. The van der Waals surface area contributed by atoms with E-state index < -0.39 is 46.6 Å². The van der Waals surface area contributed by atoms with Gasteiger partial charge in [0.05, 0.1) is 10.6 Å². The fourth-order valence-electron chi connectivity index (χ4n) is 2.46. The third-order valence-corrected chi connectivity index (χ3v) is 5.16. The molecule has 2 aromatic rings. The van der Waals surface area contributed by atoms with Crippen molar-refractivity contribution in [3.8, 4) is 5.69 Å². The molecule has 2 rings (SSSR count). The van der Waals surface area contributed by atoms with E-state index in [2.05, 4.69) is 5.10 Å². The smallest absolute Gasteiger partial charge is 0.550 e. The average Bonchev–Trinajstić information content (AvgIpc) is 3.04. The van der Waals surface area contributed by atoms with Crippen LogP contribution in [0.5, 0.6) is 0 Å². The number of carboxylic acids is 1. The maximum atomic E-state index is 13.0. The summed E-state index contributed by atoms with van der Waals surface area (Å²) in [6.45, 7) is 1.80. The normalized spacial score (nSPS) is 11.6. The SMILES string of the molecule is CCCc1cc(C(F)(F)F)nn1-c1ccc(S(=O)(=O)NC(=O)CCC(=O)[O-])cc1.[Na+]. The minimum Gasteiger partial charge on any atom is -0.550 e. The molecule has 158 valence electrons. The second kappa shape index (κ2) is 10.4. The van der Waals surface area contributed by atoms with Crippen molar-refractivity contribution in [3.05, 3.63) is 41.7 Å². The molecular formula is C17H17F3N3NaO5S. The number of hydrogen-bond acceptors (Lipinski definition) is 6. The summed E-state index contributed by atoms with van der Waals surface area (Å²) in [5.74, 6) is -2.52. The van der Waals surface area contributed by atoms with E-state index in [1.165, 1.54) is 12.1 Å². The Balaban J connectivity index is 0.00000450. The predicted molar refractivity (Wildman–Crippen MR) is 92.1 cm³/mol. The maximum absolute atomic E-state index is 13.0. The second-order valence-electron chi connectivity index (χ2n) is 6.08. The number of rotatable bonds is 8. The van der Waals surface area contributed by atoms with Gasteiger partial charge < -0.3 is 9.90 Å². The van der Waals surface area contributed by atoms with Gasteiger partial charge >= 0.3 is 35.7 Å². The van der Waals surface area contributed by atoms with Gasteiger partial charge in [-0.05, 0) is 43.2 Å². The number of nitrogens with zero attached hydrogens (tertiary/aromatic N) is 2. The number of carboxylic acid groups (broad SMARTS) is 1. The number of hydrogen-bond donors (Lipinski definition) is 1. The van der Waals surface area contributed by atoms with Gasteiger partial charge in [0, 0.05) is 18.1 Å². The topological polar surface area (TPSA) is 121 Å². The number of benzene rings is 1. The van der Waals surface area contributed by atoms with Crippen molar-refractivity contribution >= 4 is 21.9 Å². The van der Waals surface area contributed by atoms with E-state index in [0.29, 0.717) is 18.5 Å². The van der Waals surface area contributed by atoms with E-state index in [9.17, 15) is 36.3 Å². The molecule has 0 spiro atoms. The summed E-state index contributed by atoms with van der Waals surface area (Å²) in [5.41, 5.74) is -0.532. The fraction of sp³-hybridized carbons (Fsp3) is 0.353. The first-order chi connectivity index (χ1) is 13.4. The molecular weight excluding hydrogens is 438 g/mol. The van der Waals surface area contributed by atoms with Crippen LogP contribution in [0.2, 0.25) is 0 Å². The second-order valence-corrected chi connectivity index (χ2v) is 7.76. The zero-order valence-electron chi connectivity index (χ0n) is 16.2. The molecule has 0 atom stereocenters. The van der Waals surface area contributed by atoms with Gasteiger partial charge in [-0.2, -0.15) is 18.3 Å². The minimum atomic E-state index is -4.62. The summed E-state index contributed by atoms with van der Waals surface area (Å²) in [6.07, 6.45) is -4.92. The van der Waals surface area contributed by atoms with Crippen molar-refractivity contribution in [3.63, 3.8) is 0 Å². The number of aliphatic carboxylic acids is 1. The molecule has 13 heteroatoms. The van der Waals surface area contributed by atoms with Crippen LogP contribution in [0.25, 0.3) is 5.69 Å². The molecule has 0 aliphatic carbocycles. The molecule has 0 aliphatic heterocycles. The largest absolute Gasteiger partial charge is 1.00 e. The number of halogens is 3. The maximum Gasteiger partial charge on any atom is 1.00 e. The van der Waals surface area contributed by atoms with Crippen LogP contribution in [-0.4, -0.2) is 30.1 Å². The minimum absolute atomic E-state index is 0. The number of carbonyl (C=O) groups excluding carboxylic acids is 2. The van der Waals surface area contributed by atoms with Gasteiger partial charge in [0.25, 0.3) is 10.0 Å². The monoisotopic (exact) mass is 455 g/mol. The van der Waals surface area contributed by atoms with Crippen LogP contribution in [0, 0.1) is 0 Å². The summed E-state index contributed by atoms with van der Waals surface area (Å²) < 4.78 is 66.0. The molecule has 1 aromatic carbocycles. The van der Waals surface area contributed by atoms with Crippen LogP contribution in [0.3, 0.4) is 0 Å². The van der Waals surface area contributed by atoms with Gasteiger partial charge in [-0.3, -0.25) is 4.79 Å². The Morgan fingerprint density at radius 3 is 2.27 bits per heavy atom. The standard InChI is InChI=1S/C17H18F3N3O5S.Na/c1-2-3-12-10-14(17(18,19)20)21-23(12)11-4-6-13(7-5-11)29(27,28)22-15(24)8-9-16(25)26;/h4-7,10H,2-3,8-9H2,1H3,(H,22,24)(H,25,26);/q;+1/p-1. The Hall–Kier alpha value is -1.89. The third-order valence-electron chi connectivity index (χ3n) is 3.78. The zero-order valence-corrected chi connectivity index (χ0v) is 19.0. The van der Waals surface area contributed by atoms with E-state index in [-0.39, 0.29) is 40.1 Å². The Morgan fingerprint density at radius 2 is 1.77 bits per heavy atom. The average molecular weight is 455 g/mol. The zero-order chi connectivity index (χ0) is 21.8. The molecule has 1 N–H and O–H groups in total. The van der Waals surface area contributed by atoms with Crippen LogP contribution < -0.4 is 39.4 Å². The van der Waals surface area contributed by atoms with E-state index in [4.69, 9.17) is 0 Å². The molecule has 0 unspecified atom stereocenters. The van der Waals surface area contributed by atoms with E-state index in [1.807, 2.05) is 0 Å². The van der Waals surface area contributed by atoms with Gasteiger partial charge in [0.2, 0.25) is 5.91 Å². The molecule has 8 nitrogen and oxygen atoms in total. The van der Waals surface area contributed by atoms with Crippen LogP contribution in [0.4, 0.5) is 13.2 Å². The van der Waals surface area contributed by atoms with Crippen LogP contribution in [0.15, 0.2) is 35.2 Å². The first kappa shape index (κ1) is 26.1. The molecule has 0 saturated carbocycles. The van der Waals surface area contributed by atoms with E-state index in [1.54, 1.807) is 11.6 Å². The molecule has 0 aliphatic rings. The molecule has 1 aromatic heterocycles. The summed E-state index contributed by atoms with van der Waals surface area (Å²) >= 11 is 0. The number of sulfonamides is 1. The van der Waals surface area contributed by atoms with E-state index in [0.717, 1.165) is 22.9 Å². The number of carbonyl (C=O) groups is 2. The van der Waals surface area contributed by atoms with Gasteiger partial charge in [-0.15, -0.1) is 0 Å². The number of aromatic nitrogens is 2. The molecule has 1 heterocycles. The summed E-state index contributed by atoms with van der Waals surface area (Å²) in [5, 5.41) is 13.9. The van der Waals surface area contributed by atoms with Gasteiger partial charge in [-0.25, -0.2) is 17.8 Å². The number of nitrogens with one attached hydrogen (secondary N) is 1. The summed E-state index contributed by atoms with van der Waals surface area (Å²) in [7, 11) is -4.27. The third kappa shape index (κ3) is 6.83. The van der Waals surface area contributed by atoms with Crippen molar-refractivity contribution in [2.75, 3.05) is 0 Å². The molecule has 0 bridgehead atoms. The van der Waals surface area contributed by atoms with Crippen LogP contribution >= 0.6 is 0 Å². The first-order valence-electron chi connectivity index (χ1n) is 8.46. The fourth-order valence-corrected chi connectivity index (χ4v) is 3.47. The molecule has 0 fully saturated rings. The van der Waals surface area contributed by atoms with Gasteiger partial charge in [0.1, 0.15) is 0 Å². The van der Waals surface area contributed by atoms with Crippen LogP contribution in [-0.2, 0) is 32.2 Å². The van der Waals surface area contributed by atoms with Crippen molar-refractivity contribution in [2.45, 2.75) is 43.7 Å². The van der Waals surface area contributed by atoms with Gasteiger partial charge in [0.15, 0.2) is 5.69 Å². The summed E-state index contributed by atoms with van der Waals surface area (Å²) in [4.78, 5) is 21.5. The molecule has 1 amide bonds. The van der Waals surface area contributed by atoms with Crippen molar-refractivity contribution < 1.29 is 65.8 Å². The molecule has 0 saturated heterocycles. The van der Waals surface area contributed by atoms with Gasteiger partial charge in [-0.1, -0.05) is 13.3 Å². The number of aryl methyl sites for hydroxylation is 1. The Bertz CT molecular complexity index is 1000. The van der Waals surface area contributed by atoms with Crippen molar-refractivity contribution in [1.82, 2.24) is 14.5 Å². The summed E-state index contributed by atoms with van der Waals surface area (Å²) in [6, 6.07) is 5.66. The Morgan fingerprint density at radius 1 is 1.17 bits per heavy atom. The Labute approximate surface area is 192 Å².